The zero-order valence-electron chi connectivity index (χ0n) is 20.2. The molecule has 1 aliphatic heterocycles. The van der Waals surface area contributed by atoms with Gasteiger partial charge in [-0.25, -0.2) is 9.79 Å². The number of methoxy groups -OCH3 is 1. The van der Waals surface area contributed by atoms with Gasteiger partial charge in [0.15, 0.2) is 4.80 Å². The zero-order valence-corrected chi connectivity index (χ0v) is 21.0. The van der Waals surface area contributed by atoms with Gasteiger partial charge in [0.2, 0.25) is 0 Å². The Balaban J connectivity index is 1.96. The maximum absolute atomic E-state index is 13.7. The first kappa shape index (κ1) is 23.7. The molecule has 0 saturated carbocycles. The molecule has 3 aromatic rings. The molecule has 178 valence electrons. The zero-order chi connectivity index (χ0) is 24.6. The van der Waals surface area contributed by atoms with Gasteiger partial charge in [0.25, 0.3) is 5.56 Å². The quantitative estimate of drug-likeness (QED) is 0.506. The van der Waals surface area contributed by atoms with Crippen molar-refractivity contribution < 1.29 is 14.3 Å². The van der Waals surface area contributed by atoms with E-state index in [1.807, 2.05) is 55.8 Å². The van der Waals surface area contributed by atoms with Gasteiger partial charge in [0, 0.05) is 17.8 Å². The molecular weight excluding hydrogens is 452 g/mol. The van der Waals surface area contributed by atoms with E-state index in [0.29, 0.717) is 26.4 Å². The summed E-state index contributed by atoms with van der Waals surface area (Å²) in [4.78, 5) is 31.8. The van der Waals surface area contributed by atoms with E-state index in [0.717, 1.165) is 29.1 Å². The Morgan fingerprint density at radius 1 is 1.18 bits per heavy atom. The maximum Gasteiger partial charge on any atom is 0.338 e. The molecule has 0 radical (unpaired) electrons. The molecule has 0 bridgehead atoms. The van der Waals surface area contributed by atoms with Crippen molar-refractivity contribution in [1.29, 1.82) is 0 Å². The van der Waals surface area contributed by atoms with Gasteiger partial charge in [0.1, 0.15) is 5.75 Å². The van der Waals surface area contributed by atoms with E-state index in [4.69, 9.17) is 9.47 Å². The summed E-state index contributed by atoms with van der Waals surface area (Å²) in [7, 11) is 1.59. The number of benzene rings is 1. The Morgan fingerprint density at radius 2 is 1.88 bits per heavy atom. The third-order valence-electron chi connectivity index (χ3n) is 5.96. The molecular formula is C25H28N4O4S. The summed E-state index contributed by atoms with van der Waals surface area (Å²) in [6, 6.07) is 6.70. The highest BCUT2D eigenvalue weighted by molar-refractivity contribution is 7.07. The van der Waals surface area contributed by atoms with Gasteiger partial charge >= 0.3 is 5.97 Å². The number of carbonyl (C=O) groups is 1. The lowest BCUT2D eigenvalue weighted by atomic mass is 9.96. The molecule has 3 heterocycles. The van der Waals surface area contributed by atoms with Crippen LogP contribution in [-0.2, 0) is 16.1 Å². The predicted octanol–water partition coefficient (Wildman–Crippen LogP) is 2.64. The number of aryl methyl sites for hydroxylation is 2. The molecule has 34 heavy (non-hydrogen) atoms. The minimum absolute atomic E-state index is 0.207. The predicted molar refractivity (Wildman–Crippen MR) is 131 cm³/mol. The highest BCUT2D eigenvalue weighted by atomic mass is 32.1. The molecule has 2 aromatic heterocycles. The number of aromatic nitrogens is 3. The Kier molecular flexibility index (Phi) is 6.56. The van der Waals surface area contributed by atoms with Gasteiger partial charge < -0.3 is 9.47 Å². The molecule has 4 rings (SSSR count). The van der Waals surface area contributed by atoms with E-state index in [1.54, 1.807) is 25.5 Å². The van der Waals surface area contributed by atoms with Crippen LogP contribution in [0.15, 0.2) is 45.3 Å². The number of rotatable bonds is 6. The number of hydrogen-bond acceptors (Lipinski definition) is 7. The number of thiazole rings is 1. The van der Waals surface area contributed by atoms with Crippen molar-refractivity contribution in [2.45, 2.75) is 47.2 Å². The Hall–Kier alpha value is -3.46. The average molecular weight is 481 g/mol. The average Bonchev–Trinajstić information content (AvgIpc) is 3.28. The molecule has 1 aliphatic rings. The number of nitrogens with zero attached hydrogens (tertiary/aromatic N) is 4. The van der Waals surface area contributed by atoms with Crippen LogP contribution in [0.1, 0.15) is 49.3 Å². The van der Waals surface area contributed by atoms with Crippen LogP contribution in [0.4, 0.5) is 0 Å². The molecule has 0 spiro atoms. The topological polar surface area (TPSA) is 87.7 Å². The number of ether oxygens (including phenoxy) is 2. The number of carbonyl (C=O) groups excluding carboxylic acids is 1. The first-order chi connectivity index (χ1) is 16.3. The standard InChI is InChI=1S/C25H28N4O4S/c1-7-28-16(5)19(14(3)27-28)13-20-23(30)29-22(17-9-11-18(32-6)12-10-17)21(24(31)33-8-2)15(4)26-25(29)34-20/h9-13,22H,7-8H2,1-6H3/b20-13-. The smallest absolute Gasteiger partial charge is 0.338 e. The molecule has 0 N–H and O–H groups in total. The number of hydrogen-bond donors (Lipinski definition) is 0. The van der Waals surface area contributed by atoms with Gasteiger partial charge in [-0.2, -0.15) is 5.10 Å². The van der Waals surface area contributed by atoms with Crippen molar-refractivity contribution >= 4 is 23.4 Å². The maximum atomic E-state index is 13.7. The second kappa shape index (κ2) is 9.42. The molecule has 1 unspecified atom stereocenters. The largest absolute Gasteiger partial charge is 0.497 e. The third-order valence-corrected chi connectivity index (χ3v) is 6.94. The fraction of sp³-hybridized carbons (Fsp3) is 0.360. The molecule has 0 saturated heterocycles. The lowest BCUT2D eigenvalue weighted by molar-refractivity contribution is -0.139. The monoisotopic (exact) mass is 480 g/mol. The van der Waals surface area contributed by atoms with E-state index >= 15 is 0 Å². The summed E-state index contributed by atoms with van der Waals surface area (Å²) in [6.45, 7) is 10.5. The lowest BCUT2D eigenvalue weighted by Gasteiger charge is -2.24. The molecule has 0 amide bonds. The lowest BCUT2D eigenvalue weighted by Crippen LogP contribution is -2.39. The summed E-state index contributed by atoms with van der Waals surface area (Å²) in [6.07, 6.45) is 1.88. The summed E-state index contributed by atoms with van der Waals surface area (Å²) < 4.78 is 14.7. The molecule has 8 nitrogen and oxygen atoms in total. The minimum atomic E-state index is -0.649. The van der Waals surface area contributed by atoms with Crippen LogP contribution in [0.25, 0.3) is 6.08 Å². The Morgan fingerprint density at radius 3 is 2.47 bits per heavy atom. The van der Waals surface area contributed by atoms with Crippen LogP contribution < -0.4 is 19.6 Å². The molecule has 1 aromatic carbocycles. The van der Waals surface area contributed by atoms with E-state index in [-0.39, 0.29) is 12.2 Å². The Labute approximate surface area is 201 Å². The van der Waals surface area contributed by atoms with Crippen LogP contribution in [0.2, 0.25) is 0 Å². The number of allylic oxidation sites excluding steroid dienone is 1. The summed E-state index contributed by atoms with van der Waals surface area (Å²) >= 11 is 1.31. The number of fused-ring (bicyclic) bond motifs is 1. The van der Waals surface area contributed by atoms with Crippen LogP contribution in [0.3, 0.4) is 0 Å². The SMILES string of the molecule is CCOC(=O)C1=C(C)N=c2s/c(=C\c3c(C)nn(CC)c3C)c(=O)n2C1c1ccc(OC)cc1. The molecule has 1 atom stereocenters. The van der Waals surface area contributed by atoms with E-state index in [1.165, 1.54) is 11.3 Å². The van der Waals surface area contributed by atoms with Crippen molar-refractivity contribution in [3.63, 3.8) is 0 Å². The highest BCUT2D eigenvalue weighted by Gasteiger charge is 2.33. The van der Waals surface area contributed by atoms with Gasteiger partial charge in [-0.15, -0.1) is 0 Å². The van der Waals surface area contributed by atoms with Gasteiger partial charge in [-0.05, 0) is 58.4 Å². The summed E-state index contributed by atoms with van der Waals surface area (Å²) in [5.74, 6) is 0.211. The Bertz CT molecular complexity index is 1460. The normalized spacial score (nSPS) is 15.8. The van der Waals surface area contributed by atoms with Gasteiger partial charge in [-0.3, -0.25) is 14.0 Å². The fourth-order valence-electron chi connectivity index (χ4n) is 4.25. The van der Waals surface area contributed by atoms with Crippen LogP contribution in [-0.4, -0.2) is 34.0 Å². The van der Waals surface area contributed by atoms with E-state index in [9.17, 15) is 9.59 Å². The van der Waals surface area contributed by atoms with Crippen LogP contribution in [0.5, 0.6) is 5.75 Å². The second-order valence-electron chi connectivity index (χ2n) is 7.98. The van der Waals surface area contributed by atoms with E-state index < -0.39 is 12.0 Å². The summed E-state index contributed by atoms with van der Waals surface area (Å²) in [5, 5.41) is 4.56. The molecule has 0 aliphatic carbocycles. The van der Waals surface area contributed by atoms with E-state index in [2.05, 4.69) is 10.1 Å². The van der Waals surface area contributed by atoms with Crippen molar-refractivity contribution in [3.8, 4) is 5.75 Å². The van der Waals surface area contributed by atoms with Crippen LogP contribution in [0, 0.1) is 13.8 Å². The molecule has 0 fully saturated rings. The van der Waals surface area contributed by atoms with Gasteiger partial charge in [0.05, 0.1) is 41.3 Å². The second-order valence-corrected chi connectivity index (χ2v) is 8.98. The first-order valence-electron chi connectivity index (χ1n) is 11.2. The van der Waals surface area contributed by atoms with Crippen molar-refractivity contribution in [3.05, 3.63) is 77.7 Å². The summed E-state index contributed by atoms with van der Waals surface area (Å²) in [5.41, 5.74) is 4.25. The molecule has 9 heteroatoms. The van der Waals surface area contributed by atoms with Crippen molar-refractivity contribution in [2.24, 2.45) is 4.99 Å². The van der Waals surface area contributed by atoms with Gasteiger partial charge in [-0.1, -0.05) is 23.5 Å². The first-order valence-corrected chi connectivity index (χ1v) is 12.0. The highest BCUT2D eigenvalue weighted by Crippen LogP contribution is 2.31. The minimum Gasteiger partial charge on any atom is -0.497 e. The number of esters is 1. The van der Waals surface area contributed by atoms with Crippen molar-refractivity contribution in [2.75, 3.05) is 13.7 Å². The fourth-order valence-corrected chi connectivity index (χ4v) is 5.28. The van der Waals surface area contributed by atoms with Crippen LogP contribution >= 0.6 is 11.3 Å². The third kappa shape index (κ3) is 4.00. The van der Waals surface area contributed by atoms with Crippen molar-refractivity contribution in [1.82, 2.24) is 14.3 Å².